The van der Waals surface area contributed by atoms with Crippen LogP contribution in [0.4, 0.5) is 0 Å². The third-order valence-electron chi connectivity index (χ3n) is 8.47. The normalized spacial score (nSPS) is 43.2. The second-order valence-corrected chi connectivity index (χ2v) is 10.0. The number of hydrogen-bond donors (Lipinski definition) is 4. The number of hydrogen-bond acceptors (Lipinski definition) is 7. The minimum Gasteiger partial charge on any atom is -0.479 e. The Morgan fingerprint density at radius 1 is 1.09 bits per heavy atom. The van der Waals surface area contributed by atoms with Crippen LogP contribution in [0.3, 0.4) is 0 Å². The number of carboxylic acids is 1. The van der Waals surface area contributed by atoms with Crippen LogP contribution in [-0.2, 0) is 20.7 Å². The second-order valence-electron chi connectivity index (χ2n) is 10.0. The lowest BCUT2D eigenvalue weighted by atomic mass is 9.55. The molecule has 1 aromatic carbocycles. The summed E-state index contributed by atoms with van der Waals surface area (Å²) in [6, 6.07) is 5.69. The van der Waals surface area contributed by atoms with Gasteiger partial charge in [-0.25, -0.2) is 4.79 Å². The highest BCUT2D eigenvalue weighted by Gasteiger charge is 2.54. The van der Waals surface area contributed by atoms with Crippen molar-refractivity contribution in [2.24, 2.45) is 17.3 Å². The van der Waals surface area contributed by atoms with Gasteiger partial charge in [-0.1, -0.05) is 13.0 Å². The van der Waals surface area contributed by atoms with Gasteiger partial charge < -0.3 is 29.9 Å². The van der Waals surface area contributed by atoms with E-state index in [1.54, 1.807) is 6.07 Å². The van der Waals surface area contributed by atoms with E-state index in [2.05, 4.69) is 6.92 Å². The molecule has 0 amide bonds. The number of Topliss-reactive ketones (excluding diaryl/α,β-unsaturated/α-hetero) is 1. The number of rotatable bonds is 3. The Labute approximate surface area is 186 Å². The minimum atomic E-state index is -1.75. The Morgan fingerprint density at radius 3 is 2.62 bits per heavy atom. The highest BCUT2D eigenvalue weighted by molar-refractivity contribution is 5.87. The summed E-state index contributed by atoms with van der Waals surface area (Å²) in [5.41, 5.74) is 2.26. The maximum atomic E-state index is 12.5. The van der Waals surface area contributed by atoms with E-state index in [9.17, 15) is 30.0 Å². The van der Waals surface area contributed by atoms with Gasteiger partial charge in [0.2, 0.25) is 6.29 Å². The van der Waals surface area contributed by atoms with Crippen molar-refractivity contribution >= 4 is 11.8 Å². The molecule has 4 unspecified atom stereocenters. The number of aliphatic hydroxyl groups excluding tert-OH is 3. The third kappa shape index (κ3) is 3.27. The SMILES string of the molecule is C[C@]12CCC3c4ccc(OC5O[C@H](C(=O)O)[C@@H](O)[C@H](O)[C@H]5O)cc4CCC3C1CCC2=O. The van der Waals surface area contributed by atoms with Gasteiger partial charge in [-0.05, 0) is 73.1 Å². The van der Waals surface area contributed by atoms with Crippen molar-refractivity contribution in [1.29, 1.82) is 0 Å². The molecule has 32 heavy (non-hydrogen) atoms. The van der Waals surface area contributed by atoms with E-state index >= 15 is 0 Å². The molecule has 1 heterocycles. The van der Waals surface area contributed by atoms with E-state index in [0.29, 0.717) is 35.7 Å². The van der Waals surface area contributed by atoms with Crippen LogP contribution >= 0.6 is 0 Å². The number of carbonyl (C=O) groups is 2. The predicted molar refractivity (Wildman–Crippen MR) is 111 cm³/mol. The first kappa shape index (κ1) is 21.8. The Balaban J connectivity index is 1.35. The van der Waals surface area contributed by atoms with Gasteiger partial charge in [-0.3, -0.25) is 4.79 Å². The molecule has 0 aromatic heterocycles. The van der Waals surface area contributed by atoms with Gasteiger partial charge in [0.15, 0.2) is 6.10 Å². The summed E-state index contributed by atoms with van der Waals surface area (Å²) in [7, 11) is 0. The fraction of sp³-hybridized carbons (Fsp3) is 0.667. The van der Waals surface area contributed by atoms with E-state index in [4.69, 9.17) is 9.47 Å². The molecule has 1 aliphatic heterocycles. The molecular formula is C24H30O8. The highest BCUT2D eigenvalue weighted by atomic mass is 16.7. The number of carboxylic acid groups (broad SMARTS) is 1. The fourth-order valence-corrected chi connectivity index (χ4v) is 6.69. The second kappa shape index (κ2) is 7.80. The van der Waals surface area contributed by atoms with Crippen molar-refractivity contribution in [2.75, 3.05) is 0 Å². The molecule has 0 radical (unpaired) electrons. The zero-order valence-electron chi connectivity index (χ0n) is 18.0. The summed E-state index contributed by atoms with van der Waals surface area (Å²) < 4.78 is 10.9. The van der Waals surface area contributed by atoms with Gasteiger partial charge >= 0.3 is 5.97 Å². The standard InChI is InChI=1S/C24H30O8/c1-24-9-8-14-13-5-3-12(10-11(13)2-4-15(14)16(24)6-7-17(24)25)31-23-20(28)18(26)19(27)21(32-23)22(29)30/h3,5,10,14-16,18-21,23,26-28H,2,4,6-9H2,1H3,(H,29,30)/t14?,15?,16?,18-,19-,20+,21-,23?,24-/m0/s1. The number of ketones is 1. The summed E-state index contributed by atoms with van der Waals surface area (Å²) in [5, 5.41) is 39.3. The molecule has 3 fully saturated rings. The summed E-state index contributed by atoms with van der Waals surface area (Å²) >= 11 is 0. The van der Waals surface area contributed by atoms with Crippen molar-refractivity contribution in [2.45, 2.75) is 82.1 Å². The molecule has 4 N–H and O–H groups in total. The molecule has 9 atom stereocenters. The van der Waals surface area contributed by atoms with E-state index < -0.39 is 36.7 Å². The van der Waals surface area contributed by atoms with Crippen LogP contribution in [0.2, 0.25) is 0 Å². The predicted octanol–water partition coefficient (Wildman–Crippen LogP) is 1.38. The van der Waals surface area contributed by atoms with Crippen molar-refractivity contribution in [3.63, 3.8) is 0 Å². The molecule has 174 valence electrons. The van der Waals surface area contributed by atoms with E-state index in [1.807, 2.05) is 12.1 Å². The largest absolute Gasteiger partial charge is 0.479 e. The Hall–Kier alpha value is -2.00. The maximum absolute atomic E-state index is 12.5. The number of fused-ring (bicyclic) bond motifs is 5. The van der Waals surface area contributed by atoms with Gasteiger partial charge in [-0.15, -0.1) is 0 Å². The Morgan fingerprint density at radius 2 is 1.88 bits per heavy atom. The van der Waals surface area contributed by atoms with Crippen LogP contribution in [-0.4, -0.2) is 62.9 Å². The van der Waals surface area contributed by atoms with Crippen LogP contribution in [0.25, 0.3) is 0 Å². The molecular weight excluding hydrogens is 416 g/mol. The van der Waals surface area contributed by atoms with Crippen molar-refractivity contribution < 1.29 is 39.5 Å². The lowest BCUT2D eigenvalue weighted by Crippen LogP contribution is -2.61. The van der Waals surface area contributed by atoms with Gasteiger partial charge in [0.05, 0.1) is 0 Å². The van der Waals surface area contributed by atoms with E-state index in [0.717, 1.165) is 37.7 Å². The zero-order chi connectivity index (χ0) is 22.8. The minimum absolute atomic E-state index is 0.164. The van der Waals surface area contributed by atoms with Crippen LogP contribution in [0.5, 0.6) is 5.75 Å². The first-order chi connectivity index (χ1) is 15.2. The molecule has 8 nitrogen and oxygen atoms in total. The molecule has 0 bridgehead atoms. The van der Waals surface area contributed by atoms with Crippen molar-refractivity contribution in [1.82, 2.24) is 0 Å². The number of ether oxygens (including phenoxy) is 2. The summed E-state index contributed by atoms with van der Waals surface area (Å²) in [5.74, 6) is 0.773. The van der Waals surface area contributed by atoms with Crippen LogP contribution in [0.15, 0.2) is 18.2 Å². The highest BCUT2D eigenvalue weighted by Crippen LogP contribution is 2.59. The summed E-state index contributed by atoms with van der Waals surface area (Å²) in [6.45, 7) is 2.15. The fourth-order valence-electron chi connectivity index (χ4n) is 6.69. The zero-order valence-corrected chi connectivity index (χ0v) is 18.0. The maximum Gasteiger partial charge on any atom is 0.335 e. The van der Waals surface area contributed by atoms with E-state index in [-0.39, 0.29) is 5.41 Å². The van der Waals surface area contributed by atoms with Gasteiger partial charge in [0, 0.05) is 11.8 Å². The molecule has 4 aliphatic rings. The first-order valence-corrected chi connectivity index (χ1v) is 11.5. The van der Waals surface area contributed by atoms with Crippen molar-refractivity contribution in [3.05, 3.63) is 29.3 Å². The number of aliphatic carboxylic acids is 1. The average molecular weight is 446 g/mol. The van der Waals surface area contributed by atoms with Gasteiger partial charge in [-0.2, -0.15) is 0 Å². The molecule has 5 rings (SSSR count). The molecule has 2 saturated carbocycles. The molecule has 3 aliphatic carbocycles. The van der Waals surface area contributed by atoms with Crippen LogP contribution in [0.1, 0.15) is 56.1 Å². The van der Waals surface area contributed by atoms with E-state index in [1.165, 1.54) is 5.56 Å². The first-order valence-electron chi connectivity index (χ1n) is 11.5. The number of aryl methyl sites for hydroxylation is 1. The number of benzene rings is 1. The van der Waals surface area contributed by atoms with Crippen molar-refractivity contribution in [3.8, 4) is 5.75 Å². The topological polar surface area (TPSA) is 134 Å². The molecule has 0 spiro atoms. The molecule has 8 heteroatoms. The van der Waals surface area contributed by atoms with Crippen LogP contribution < -0.4 is 4.74 Å². The third-order valence-corrected chi connectivity index (χ3v) is 8.47. The number of carbonyl (C=O) groups excluding carboxylic acids is 1. The lowest BCUT2D eigenvalue weighted by molar-refractivity contribution is -0.271. The van der Waals surface area contributed by atoms with Gasteiger partial charge in [0.1, 0.15) is 29.8 Å². The average Bonchev–Trinajstić information content (AvgIpc) is 3.08. The monoisotopic (exact) mass is 446 g/mol. The lowest BCUT2D eigenvalue weighted by Gasteiger charge is -2.48. The Kier molecular flexibility index (Phi) is 5.32. The quantitative estimate of drug-likeness (QED) is 0.547. The number of aliphatic hydroxyl groups is 3. The summed E-state index contributed by atoms with van der Waals surface area (Å²) in [6.07, 6.45) is -2.65. The smallest absolute Gasteiger partial charge is 0.335 e. The molecule has 1 aromatic rings. The molecule has 1 saturated heterocycles. The van der Waals surface area contributed by atoms with Crippen LogP contribution in [0, 0.1) is 17.3 Å². The van der Waals surface area contributed by atoms with Gasteiger partial charge in [0.25, 0.3) is 0 Å². The summed E-state index contributed by atoms with van der Waals surface area (Å²) in [4.78, 5) is 23.8. The Bertz CT molecular complexity index is 931.